The number of amides is 1. The topological polar surface area (TPSA) is 104 Å². The third-order valence-electron chi connectivity index (χ3n) is 2.08. The van der Waals surface area contributed by atoms with Crippen LogP contribution in [0.25, 0.3) is 0 Å². The summed E-state index contributed by atoms with van der Waals surface area (Å²) in [7, 11) is 0. The van der Waals surface area contributed by atoms with Gasteiger partial charge in [-0.1, -0.05) is 0 Å². The van der Waals surface area contributed by atoms with E-state index in [9.17, 15) is 14.4 Å². The number of rotatable bonds is 6. The van der Waals surface area contributed by atoms with E-state index in [1.165, 1.54) is 11.3 Å². The van der Waals surface area contributed by atoms with Crippen molar-refractivity contribution in [1.29, 1.82) is 0 Å². The van der Waals surface area contributed by atoms with Gasteiger partial charge in [0, 0.05) is 11.8 Å². The number of carbonyl (C=O) groups is 3. The molecule has 3 N–H and O–H groups in total. The second-order valence-electron chi connectivity index (χ2n) is 3.44. The van der Waals surface area contributed by atoms with Crippen LogP contribution in [0.4, 0.5) is 0 Å². The molecule has 1 atom stereocenters. The van der Waals surface area contributed by atoms with Crippen LogP contribution in [-0.4, -0.2) is 34.1 Å². The molecule has 0 unspecified atom stereocenters. The normalized spacial score (nSPS) is 11.8. The van der Waals surface area contributed by atoms with Gasteiger partial charge in [0.2, 0.25) is 0 Å². The predicted octanol–water partition coefficient (Wildman–Crippen LogP) is 1.56. The summed E-state index contributed by atoms with van der Waals surface area (Å²) in [5, 5.41) is 21.2. The molecule has 0 aromatic carbocycles. The van der Waals surface area contributed by atoms with E-state index >= 15 is 0 Å². The molecular weight excluding hydrogens is 326 g/mol. The molecule has 8 heteroatoms. The van der Waals surface area contributed by atoms with Crippen molar-refractivity contribution in [3.8, 4) is 0 Å². The molecule has 0 radical (unpaired) electrons. The van der Waals surface area contributed by atoms with Gasteiger partial charge in [-0.3, -0.25) is 9.59 Å². The van der Waals surface area contributed by atoms with Gasteiger partial charge in [-0.15, -0.1) is 11.3 Å². The van der Waals surface area contributed by atoms with Crippen molar-refractivity contribution >= 4 is 45.1 Å². The lowest BCUT2D eigenvalue weighted by atomic mass is 10.1. The number of aliphatic carboxylic acids is 2. The molecule has 0 saturated carbocycles. The number of halogens is 1. The molecule has 0 bridgehead atoms. The summed E-state index contributed by atoms with van der Waals surface area (Å²) < 4.78 is 0.755. The molecule has 18 heavy (non-hydrogen) atoms. The molecular formula is C10H10BrNO5S. The third-order valence-corrected chi connectivity index (χ3v) is 3.58. The van der Waals surface area contributed by atoms with E-state index in [2.05, 4.69) is 21.2 Å². The molecule has 0 saturated heterocycles. The molecule has 0 aliphatic heterocycles. The SMILES string of the molecule is O=C(O)CC[C@@H](NC(=O)c1csc(Br)c1)C(=O)O. The number of carboxylic acids is 2. The highest BCUT2D eigenvalue weighted by molar-refractivity contribution is 9.11. The molecule has 1 aromatic heterocycles. The second kappa shape index (κ2) is 6.50. The average molecular weight is 336 g/mol. The highest BCUT2D eigenvalue weighted by atomic mass is 79.9. The summed E-state index contributed by atoms with van der Waals surface area (Å²) in [6.07, 6.45) is -0.466. The minimum absolute atomic E-state index is 0.151. The van der Waals surface area contributed by atoms with Crippen molar-refractivity contribution in [3.63, 3.8) is 0 Å². The quantitative estimate of drug-likeness (QED) is 0.731. The molecule has 1 aromatic rings. The Morgan fingerprint density at radius 1 is 1.39 bits per heavy atom. The van der Waals surface area contributed by atoms with Crippen LogP contribution in [-0.2, 0) is 9.59 Å². The predicted molar refractivity (Wildman–Crippen MR) is 67.8 cm³/mol. The Morgan fingerprint density at radius 2 is 2.06 bits per heavy atom. The molecule has 0 spiro atoms. The van der Waals surface area contributed by atoms with E-state index in [-0.39, 0.29) is 12.8 Å². The summed E-state index contributed by atoms with van der Waals surface area (Å²) in [6, 6.07) is 0.364. The van der Waals surface area contributed by atoms with Gasteiger partial charge in [-0.25, -0.2) is 4.79 Å². The average Bonchev–Trinajstić information content (AvgIpc) is 2.70. The number of thiophene rings is 1. The summed E-state index contributed by atoms with van der Waals surface area (Å²) in [6.45, 7) is 0. The van der Waals surface area contributed by atoms with E-state index in [4.69, 9.17) is 10.2 Å². The number of hydrogen-bond donors (Lipinski definition) is 3. The Hall–Kier alpha value is -1.41. The zero-order chi connectivity index (χ0) is 13.7. The van der Waals surface area contributed by atoms with Gasteiger partial charge in [0.25, 0.3) is 5.91 Å². The monoisotopic (exact) mass is 335 g/mol. The smallest absolute Gasteiger partial charge is 0.326 e. The van der Waals surface area contributed by atoms with Crippen molar-refractivity contribution < 1.29 is 24.6 Å². The maximum absolute atomic E-state index is 11.7. The highest BCUT2D eigenvalue weighted by Crippen LogP contribution is 2.20. The molecule has 1 rings (SSSR count). The van der Waals surface area contributed by atoms with Gasteiger partial charge < -0.3 is 15.5 Å². The molecule has 0 aliphatic rings. The van der Waals surface area contributed by atoms with E-state index < -0.39 is 23.9 Å². The van der Waals surface area contributed by atoms with Gasteiger partial charge in [0.1, 0.15) is 6.04 Å². The number of carbonyl (C=O) groups excluding carboxylic acids is 1. The zero-order valence-corrected chi connectivity index (χ0v) is 11.5. The van der Waals surface area contributed by atoms with Crippen LogP contribution < -0.4 is 5.32 Å². The first kappa shape index (κ1) is 14.7. The van der Waals surface area contributed by atoms with Crippen molar-refractivity contribution in [3.05, 3.63) is 20.8 Å². The minimum atomic E-state index is -1.25. The summed E-state index contributed by atoms with van der Waals surface area (Å²) in [5.41, 5.74) is 0.341. The van der Waals surface area contributed by atoms with Gasteiger partial charge in [-0.2, -0.15) is 0 Å². The Kier molecular flexibility index (Phi) is 5.29. The van der Waals surface area contributed by atoms with Crippen LogP contribution in [0.15, 0.2) is 15.2 Å². The minimum Gasteiger partial charge on any atom is -0.481 e. The third kappa shape index (κ3) is 4.46. The molecule has 1 heterocycles. The highest BCUT2D eigenvalue weighted by Gasteiger charge is 2.21. The van der Waals surface area contributed by atoms with Crippen LogP contribution in [0.1, 0.15) is 23.2 Å². The van der Waals surface area contributed by atoms with E-state index in [1.807, 2.05) is 0 Å². The van der Waals surface area contributed by atoms with Crippen LogP contribution in [0.2, 0.25) is 0 Å². The van der Waals surface area contributed by atoms with Gasteiger partial charge in [0.05, 0.1) is 9.35 Å². The number of nitrogens with one attached hydrogen (secondary N) is 1. The van der Waals surface area contributed by atoms with Crippen LogP contribution in [0.5, 0.6) is 0 Å². The second-order valence-corrected chi connectivity index (χ2v) is 5.73. The fourth-order valence-electron chi connectivity index (χ4n) is 1.20. The van der Waals surface area contributed by atoms with E-state index in [0.717, 1.165) is 3.79 Å². The Balaban J connectivity index is 2.63. The van der Waals surface area contributed by atoms with Crippen LogP contribution >= 0.6 is 27.3 Å². The Morgan fingerprint density at radius 3 is 2.50 bits per heavy atom. The number of carboxylic acid groups (broad SMARTS) is 2. The molecule has 6 nitrogen and oxygen atoms in total. The van der Waals surface area contributed by atoms with Crippen molar-refractivity contribution in [2.45, 2.75) is 18.9 Å². The first-order chi connectivity index (χ1) is 8.40. The fourth-order valence-corrected chi connectivity index (χ4v) is 2.33. The zero-order valence-electron chi connectivity index (χ0n) is 9.05. The number of hydrogen-bond acceptors (Lipinski definition) is 4. The lowest BCUT2D eigenvalue weighted by molar-refractivity contribution is -0.140. The molecule has 98 valence electrons. The van der Waals surface area contributed by atoms with Crippen molar-refractivity contribution in [1.82, 2.24) is 5.32 Å². The van der Waals surface area contributed by atoms with E-state index in [1.54, 1.807) is 11.4 Å². The standard InChI is InChI=1S/C10H10BrNO5S/c11-7-3-5(4-18-7)9(15)12-6(10(16)17)1-2-8(13)14/h3-4,6H,1-2H2,(H,12,15)(H,13,14)(H,16,17)/t6-/m1/s1. The fraction of sp³-hybridized carbons (Fsp3) is 0.300. The Bertz CT molecular complexity index is 473. The lowest BCUT2D eigenvalue weighted by Gasteiger charge is -2.12. The van der Waals surface area contributed by atoms with Gasteiger partial charge >= 0.3 is 11.9 Å². The van der Waals surface area contributed by atoms with Crippen molar-refractivity contribution in [2.24, 2.45) is 0 Å². The maximum atomic E-state index is 11.7. The van der Waals surface area contributed by atoms with Crippen LogP contribution in [0, 0.1) is 0 Å². The first-order valence-corrected chi connectivity index (χ1v) is 6.57. The largest absolute Gasteiger partial charge is 0.481 e. The lowest BCUT2D eigenvalue weighted by Crippen LogP contribution is -2.40. The maximum Gasteiger partial charge on any atom is 0.326 e. The summed E-state index contributed by atoms with van der Waals surface area (Å²) in [5.74, 6) is -2.89. The summed E-state index contributed by atoms with van der Waals surface area (Å²) in [4.78, 5) is 32.9. The molecule has 0 fully saturated rings. The van der Waals surface area contributed by atoms with E-state index in [0.29, 0.717) is 5.56 Å². The Labute approximate surface area is 115 Å². The van der Waals surface area contributed by atoms with Crippen LogP contribution in [0.3, 0.4) is 0 Å². The molecule has 0 aliphatic carbocycles. The van der Waals surface area contributed by atoms with Gasteiger partial charge in [0.15, 0.2) is 0 Å². The first-order valence-electron chi connectivity index (χ1n) is 4.89. The van der Waals surface area contributed by atoms with Gasteiger partial charge in [-0.05, 0) is 28.4 Å². The summed E-state index contributed by atoms with van der Waals surface area (Å²) >= 11 is 4.49. The van der Waals surface area contributed by atoms with Crippen molar-refractivity contribution in [2.75, 3.05) is 0 Å². The molecule has 1 amide bonds.